The third-order valence-electron chi connectivity index (χ3n) is 2.48. The van der Waals surface area contributed by atoms with Crippen LogP contribution in [0.3, 0.4) is 0 Å². The summed E-state index contributed by atoms with van der Waals surface area (Å²) in [6, 6.07) is 3.21. The number of carbonyl (C=O) groups excluding carboxylic acids is 1. The van der Waals surface area contributed by atoms with Gasteiger partial charge in [-0.1, -0.05) is 0 Å². The molecule has 0 saturated carbocycles. The van der Waals surface area contributed by atoms with Gasteiger partial charge in [-0.15, -0.1) is 0 Å². The minimum absolute atomic E-state index is 0.0263. The van der Waals surface area contributed by atoms with Crippen LogP contribution < -0.4 is 20.5 Å². The van der Waals surface area contributed by atoms with E-state index in [1.807, 2.05) is 0 Å². The number of carbonyl (C=O) groups is 1. The number of nitrogens with one attached hydrogen (secondary N) is 2. The lowest BCUT2D eigenvalue weighted by molar-refractivity contribution is -0.121. The lowest BCUT2D eigenvalue weighted by atomic mass is 10.3. The van der Waals surface area contributed by atoms with Gasteiger partial charge in [-0.25, -0.2) is 8.42 Å². The first kappa shape index (κ1) is 15.3. The van der Waals surface area contributed by atoms with Crippen molar-refractivity contribution in [2.24, 2.45) is 0 Å². The van der Waals surface area contributed by atoms with Crippen molar-refractivity contribution in [2.45, 2.75) is 17.9 Å². The molecule has 1 atom stereocenters. The summed E-state index contributed by atoms with van der Waals surface area (Å²) in [5.41, 5.74) is 5.86. The number of methoxy groups -OCH3 is 1. The molecule has 0 bridgehead atoms. The topological polar surface area (TPSA) is 111 Å². The molecule has 1 aromatic carbocycles. The Kier molecular flexibility index (Phi) is 4.73. The fraction of sp³-hybridized carbons (Fsp3) is 0.364. The van der Waals surface area contributed by atoms with Crippen LogP contribution in [0.15, 0.2) is 23.1 Å². The Bertz CT molecular complexity index is 571. The van der Waals surface area contributed by atoms with Crippen molar-refractivity contribution in [3.63, 3.8) is 0 Å². The van der Waals surface area contributed by atoms with E-state index < -0.39 is 22.0 Å². The van der Waals surface area contributed by atoms with E-state index in [1.165, 1.54) is 39.3 Å². The van der Waals surface area contributed by atoms with E-state index in [9.17, 15) is 13.2 Å². The van der Waals surface area contributed by atoms with Crippen LogP contribution in [-0.2, 0) is 14.8 Å². The summed E-state index contributed by atoms with van der Waals surface area (Å²) in [6.45, 7) is 1.45. The Balaban J connectivity index is 3.01. The van der Waals surface area contributed by atoms with Gasteiger partial charge in [-0.3, -0.25) is 4.79 Å². The first-order valence-corrected chi connectivity index (χ1v) is 6.97. The second kappa shape index (κ2) is 5.89. The molecule has 106 valence electrons. The van der Waals surface area contributed by atoms with E-state index >= 15 is 0 Å². The molecule has 0 aliphatic carbocycles. The molecule has 0 saturated heterocycles. The van der Waals surface area contributed by atoms with Crippen LogP contribution >= 0.6 is 0 Å². The summed E-state index contributed by atoms with van der Waals surface area (Å²) >= 11 is 0. The maximum absolute atomic E-state index is 12.0. The third kappa shape index (κ3) is 3.58. The number of rotatable bonds is 5. The number of nitrogens with two attached hydrogens (primary N) is 1. The number of anilines is 1. The molecule has 1 amide bonds. The van der Waals surface area contributed by atoms with Crippen LogP contribution in [0.25, 0.3) is 0 Å². The Morgan fingerprint density at radius 1 is 1.42 bits per heavy atom. The number of likely N-dealkylation sites (N-methyl/N-ethyl adjacent to an activating group) is 1. The molecule has 1 unspecified atom stereocenters. The molecule has 0 aliphatic rings. The van der Waals surface area contributed by atoms with Gasteiger partial charge in [0, 0.05) is 7.05 Å². The van der Waals surface area contributed by atoms with E-state index in [-0.39, 0.29) is 10.6 Å². The van der Waals surface area contributed by atoms with Gasteiger partial charge in [0.25, 0.3) is 0 Å². The molecule has 1 aromatic rings. The Morgan fingerprint density at radius 3 is 2.53 bits per heavy atom. The normalized spacial score (nSPS) is 12.8. The van der Waals surface area contributed by atoms with Crippen molar-refractivity contribution < 1.29 is 17.9 Å². The van der Waals surface area contributed by atoms with Crippen molar-refractivity contribution in [1.29, 1.82) is 0 Å². The van der Waals surface area contributed by atoms with E-state index in [0.717, 1.165) is 0 Å². The molecule has 0 aromatic heterocycles. The summed E-state index contributed by atoms with van der Waals surface area (Å²) in [4.78, 5) is 11.3. The molecule has 0 fully saturated rings. The number of nitrogen functional groups attached to an aromatic ring is 1. The second-order valence-electron chi connectivity index (χ2n) is 3.86. The third-order valence-corrected chi connectivity index (χ3v) is 4.02. The average Bonchev–Trinajstić information content (AvgIpc) is 2.37. The summed E-state index contributed by atoms with van der Waals surface area (Å²) < 4.78 is 31.3. The molecule has 1 rings (SSSR count). The zero-order valence-corrected chi connectivity index (χ0v) is 11.7. The van der Waals surface area contributed by atoms with Gasteiger partial charge in [0.2, 0.25) is 15.9 Å². The summed E-state index contributed by atoms with van der Waals surface area (Å²) in [7, 11) is -0.943. The number of sulfonamides is 1. The van der Waals surface area contributed by atoms with E-state index in [2.05, 4.69) is 10.0 Å². The first-order chi connectivity index (χ1) is 8.81. The Labute approximate surface area is 112 Å². The van der Waals surface area contributed by atoms with Gasteiger partial charge >= 0.3 is 0 Å². The molecule has 4 N–H and O–H groups in total. The number of amides is 1. The van der Waals surface area contributed by atoms with E-state index in [1.54, 1.807) is 0 Å². The molecule has 0 radical (unpaired) electrons. The average molecular weight is 287 g/mol. The minimum atomic E-state index is -3.81. The number of ether oxygens (including phenoxy) is 1. The zero-order chi connectivity index (χ0) is 14.6. The summed E-state index contributed by atoms with van der Waals surface area (Å²) in [5, 5.41) is 2.36. The quantitative estimate of drug-likeness (QED) is 0.643. The molecule has 0 heterocycles. The predicted molar refractivity (Wildman–Crippen MR) is 71.3 cm³/mol. The summed E-state index contributed by atoms with van der Waals surface area (Å²) in [5.74, 6) is -0.0386. The smallest absolute Gasteiger partial charge is 0.241 e. The van der Waals surface area contributed by atoms with Gasteiger partial charge in [-0.05, 0) is 25.1 Å². The SMILES string of the molecule is CNC(=O)C(C)NS(=O)(=O)c1ccc(OC)c(N)c1. The zero-order valence-electron chi connectivity index (χ0n) is 10.9. The number of hydrogen-bond donors (Lipinski definition) is 3. The van der Waals surface area contributed by atoms with Crippen molar-refractivity contribution in [2.75, 3.05) is 19.9 Å². The highest BCUT2D eigenvalue weighted by atomic mass is 32.2. The highest BCUT2D eigenvalue weighted by Gasteiger charge is 2.21. The Hall–Kier alpha value is -1.80. The van der Waals surface area contributed by atoms with Gasteiger partial charge in [0.1, 0.15) is 5.75 Å². The molecule has 0 spiro atoms. The van der Waals surface area contributed by atoms with Gasteiger partial charge in [0.05, 0.1) is 23.7 Å². The van der Waals surface area contributed by atoms with Crippen LogP contribution in [0.1, 0.15) is 6.92 Å². The van der Waals surface area contributed by atoms with Crippen molar-refractivity contribution in [1.82, 2.24) is 10.0 Å². The second-order valence-corrected chi connectivity index (χ2v) is 5.57. The Morgan fingerprint density at radius 2 is 2.05 bits per heavy atom. The van der Waals surface area contributed by atoms with Gasteiger partial charge < -0.3 is 15.8 Å². The number of benzene rings is 1. The van der Waals surface area contributed by atoms with Gasteiger partial charge in [-0.2, -0.15) is 4.72 Å². The lowest BCUT2D eigenvalue weighted by Gasteiger charge is -2.13. The minimum Gasteiger partial charge on any atom is -0.495 e. The molecule has 8 heteroatoms. The predicted octanol–water partition coefficient (Wildman–Crippen LogP) is -0.310. The highest BCUT2D eigenvalue weighted by Crippen LogP contribution is 2.24. The van der Waals surface area contributed by atoms with Crippen molar-refractivity contribution in [3.8, 4) is 5.75 Å². The van der Waals surface area contributed by atoms with Crippen LogP contribution in [0.2, 0.25) is 0 Å². The highest BCUT2D eigenvalue weighted by molar-refractivity contribution is 7.89. The van der Waals surface area contributed by atoms with E-state index in [4.69, 9.17) is 10.5 Å². The van der Waals surface area contributed by atoms with Crippen LogP contribution in [0, 0.1) is 0 Å². The molecule has 19 heavy (non-hydrogen) atoms. The fourth-order valence-electron chi connectivity index (χ4n) is 1.45. The lowest BCUT2D eigenvalue weighted by Crippen LogP contribution is -2.43. The first-order valence-electron chi connectivity index (χ1n) is 5.49. The largest absolute Gasteiger partial charge is 0.495 e. The molecular weight excluding hydrogens is 270 g/mol. The maximum Gasteiger partial charge on any atom is 0.241 e. The number of hydrogen-bond acceptors (Lipinski definition) is 5. The molecule has 0 aliphatic heterocycles. The van der Waals surface area contributed by atoms with Gasteiger partial charge in [0.15, 0.2) is 0 Å². The molecular formula is C11H17N3O4S. The monoisotopic (exact) mass is 287 g/mol. The standard InChI is InChI=1S/C11H17N3O4S/c1-7(11(15)13-2)14-19(16,17)8-4-5-10(18-3)9(12)6-8/h4-7,14H,12H2,1-3H3,(H,13,15). The fourth-order valence-corrected chi connectivity index (χ4v) is 2.69. The maximum atomic E-state index is 12.0. The molecule has 7 nitrogen and oxygen atoms in total. The summed E-state index contributed by atoms with van der Waals surface area (Å²) in [6.07, 6.45) is 0. The van der Waals surface area contributed by atoms with Crippen LogP contribution in [-0.4, -0.2) is 34.5 Å². The van der Waals surface area contributed by atoms with Crippen molar-refractivity contribution >= 4 is 21.6 Å². The van der Waals surface area contributed by atoms with Crippen LogP contribution in [0.4, 0.5) is 5.69 Å². The van der Waals surface area contributed by atoms with Crippen LogP contribution in [0.5, 0.6) is 5.75 Å². The van der Waals surface area contributed by atoms with Crippen molar-refractivity contribution in [3.05, 3.63) is 18.2 Å². The van der Waals surface area contributed by atoms with E-state index in [0.29, 0.717) is 5.75 Å².